The zero-order valence-electron chi connectivity index (χ0n) is 18.6. The predicted molar refractivity (Wildman–Crippen MR) is 133 cm³/mol. The highest BCUT2D eigenvalue weighted by Crippen LogP contribution is 2.29. The van der Waals surface area contributed by atoms with Gasteiger partial charge >= 0.3 is 0 Å². The lowest BCUT2D eigenvalue weighted by atomic mass is 10.2. The van der Waals surface area contributed by atoms with Gasteiger partial charge in [0, 0.05) is 5.56 Å². The van der Waals surface area contributed by atoms with Gasteiger partial charge in [-0.05, 0) is 82.5 Å². The average Bonchev–Trinajstić information content (AvgIpc) is 2.84. The molecule has 176 valence electrons. The molecule has 6 nitrogen and oxygen atoms in total. The molecule has 0 aliphatic rings. The van der Waals surface area contributed by atoms with E-state index in [2.05, 4.69) is 33.0 Å². The van der Waals surface area contributed by atoms with Gasteiger partial charge < -0.3 is 14.2 Å². The van der Waals surface area contributed by atoms with Crippen LogP contribution in [0.2, 0.25) is 0 Å². The van der Waals surface area contributed by atoms with Crippen LogP contribution in [-0.4, -0.2) is 25.3 Å². The van der Waals surface area contributed by atoms with E-state index in [1.54, 1.807) is 48.5 Å². The molecule has 34 heavy (non-hydrogen) atoms. The monoisotopic (exact) mass is 526 g/mol. The van der Waals surface area contributed by atoms with Gasteiger partial charge in [0.2, 0.25) is 0 Å². The number of benzene rings is 3. The molecule has 0 aliphatic heterocycles. The minimum Gasteiger partial charge on any atom is -0.490 e. The van der Waals surface area contributed by atoms with Crippen molar-refractivity contribution in [1.29, 1.82) is 0 Å². The molecule has 0 heterocycles. The van der Waals surface area contributed by atoms with Gasteiger partial charge in [-0.2, -0.15) is 5.10 Å². The van der Waals surface area contributed by atoms with Crippen LogP contribution in [0.1, 0.15) is 28.4 Å². The Morgan fingerprint density at radius 2 is 1.79 bits per heavy atom. The molecule has 8 heteroatoms. The number of hydrogen-bond acceptors (Lipinski definition) is 5. The van der Waals surface area contributed by atoms with Crippen LogP contribution in [0.5, 0.6) is 17.2 Å². The van der Waals surface area contributed by atoms with E-state index >= 15 is 0 Å². The van der Waals surface area contributed by atoms with Crippen LogP contribution in [0.3, 0.4) is 0 Å². The Morgan fingerprint density at radius 3 is 2.50 bits per heavy atom. The number of carbonyl (C=O) groups excluding carboxylic acids is 1. The molecule has 1 amide bonds. The third kappa shape index (κ3) is 7.18. The number of rotatable bonds is 11. The topological polar surface area (TPSA) is 69.2 Å². The van der Waals surface area contributed by atoms with Crippen molar-refractivity contribution in [2.75, 3.05) is 13.2 Å². The summed E-state index contributed by atoms with van der Waals surface area (Å²) in [4.78, 5) is 12.5. The fraction of sp³-hybridized carbons (Fsp3) is 0.154. The van der Waals surface area contributed by atoms with Crippen molar-refractivity contribution in [3.8, 4) is 17.2 Å². The van der Waals surface area contributed by atoms with E-state index in [-0.39, 0.29) is 11.7 Å². The number of nitrogens with one attached hydrogen (secondary N) is 1. The normalized spacial score (nSPS) is 10.7. The standard InChI is InChI=1S/C26H24BrFN2O4/c1-3-13-33-24-12-8-20(15-25(24)32-4-2)26(31)30-29-16-19-7-11-23(22(27)14-19)34-17-18-5-9-21(28)10-6-18/h3,5-12,14-16H,1,4,13,17H2,2H3,(H,30,31)/b29-16+. The first-order valence-electron chi connectivity index (χ1n) is 10.5. The Hall–Kier alpha value is -3.65. The number of hydrogen-bond donors (Lipinski definition) is 1. The first kappa shape index (κ1) is 25.0. The molecule has 3 rings (SSSR count). The van der Waals surface area contributed by atoms with E-state index in [0.29, 0.717) is 42.6 Å². The molecule has 0 spiro atoms. The summed E-state index contributed by atoms with van der Waals surface area (Å²) in [5.41, 5.74) is 4.50. The van der Waals surface area contributed by atoms with Crippen LogP contribution >= 0.6 is 15.9 Å². The van der Waals surface area contributed by atoms with E-state index in [1.807, 2.05) is 13.0 Å². The van der Waals surface area contributed by atoms with Crippen LogP contribution in [-0.2, 0) is 6.61 Å². The third-order valence-electron chi connectivity index (χ3n) is 4.51. The van der Waals surface area contributed by atoms with E-state index in [9.17, 15) is 9.18 Å². The number of ether oxygens (including phenoxy) is 3. The molecule has 0 aromatic heterocycles. The second-order valence-electron chi connectivity index (χ2n) is 7.00. The number of amides is 1. The fourth-order valence-electron chi connectivity index (χ4n) is 2.87. The van der Waals surface area contributed by atoms with Gasteiger partial charge in [-0.1, -0.05) is 24.8 Å². The summed E-state index contributed by atoms with van der Waals surface area (Å²) in [7, 11) is 0. The molecule has 0 aliphatic carbocycles. The van der Waals surface area contributed by atoms with E-state index in [0.717, 1.165) is 15.6 Å². The lowest BCUT2D eigenvalue weighted by molar-refractivity contribution is 0.0954. The summed E-state index contributed by atoms with van der Waals surface area (Å²) in [6.07, 6.45) is 3.16. The smallest absolute Gasteiger partial charge is 0.271 e. The van der Waals surface area contributed by atoms with Crippen LogP contribution < -0.4 is 19.6 Å². The first-order chi connectivity index (χ1) is 16.5. The average molecular weight is 527 g/mol. The lowest BCUT2D eigenvalue weighted by Crippen LogP contribution is -2.17. The molecular formula is C26H24BrFN2O4. The molecule has 0 saturated heterocycles. The summed E-state index contributed by atoms with van der Waals surface area (Å²) < 4.78 is 30.6. The molecular weight excluding hydrogens is 503 g/mol. The maximum absolute atomic E-state index is 13.0. The Morgan fingerprint density at radius 1 is 1.03 bits per heavy atom. The Labute approximate surface area is 206 Å². The van der Waals surface area contributed by atoms with Crippen molar-refractivity contribution < 1.29 is 23.4 Å². The summed E-state index contributed by atoms with van der Waals surface area (Å²) in [5.74, 6) is 0.970. The number of hydrazone groups is 1. The first-order valence-corrected chi connectivity index (χ1v) is 11.3. The minimum absolute atomic E-state index is 0.287. The van der Waals surface area contributed by atoms with Gasteiger partial charge in [-0.15, -0.1) is 0 Å². The van der Waals surface area contributed by atoms with Crippen molar-refractivity contribution in [3.63, 3.8) is 0 Å². The Kier molecular flexibility index (Phi) is 9.22. The Balaban J connectivity index is 1.59. The van der Waals surface area contributed by atoms with Crippen LogP contribution in [0.25, 0.3) is 0 Å². The molecule has 3 aromatic carbocycles. The van der Waals surface area contributed by atoms with E-state index in [1.165, 1.54) is 18.3 Å². The van der Waals surface area contributed by atoms with Gasteiger partial charge in [0.25, 0.3) is 5.91 Å². The second kappa shape index (κ2) is 12.6. The molecule has 0 radical (unpaired) electrons. The van der Waals surface area contributed by atoms with Gasteiger partial charge in [-0.3, -0.25) is 4.79 Å². The summed E-state index contributed by atoms with van der Waals surface area (Å²) in [6, 6.07) is 16.5. The maximum atomic E-state index is 13.0. The van der Waals surface area contributed by atoms with E-state index < -0.39 is 0 Å². The molecule has 1 N–H and O–H groups in total. The highest BCUT2D eigenvalue weighted by Gasteiger charge is 2.11. The molecule has 0 fully saturated rings. The van der Waals surface area contributed by atoms with Crippen molar-refractivity contribution in [1.82, 2.24) is 5.43 Å². The van der Waals surface area contributed by atoms with Gasteiger partial charge in [0.1, 0.15) is 24.8 Å². The Bertz CT molecular complexity index is 1170. The van der Waals surface area contributed by atoms with Gasteiger partial charge in [-0.25, -0.2) is 9.82 Å². The van der Waals surface area contributed by atoms with E-state index in [4.69, 9.17) is 14.2 Å². The predicted octanol–water partition coefficient (Wildman–Crippen LogP) is 5.89. The largest absolute Gasteiger partial charge is 0.490 e. The van der Waals surface area contributed by atoms with Crippen LogP contribution in [0.4, 0.5) is 4.39 Å². The van der Waals surface area contributed by atoms with Gasteiger partial charge in [0.15, 0.2) is 11.5 Å². The maximum Gasteiger partial charge on any atom is 0.271 e. The SMILES string of the molecule is C=CCOc1ccc(C(=O)N/N=C/c2ccc(OCc3ccc(F)cc3)c(Br)c2)cc1OCC. The molecule has 0 saturated carbocycles. The summed E-state index contributed by atoms with van der Waals surface area (Å²) in [6.45, 7) is 6.56. The van der Waals surface area contributed by atoms with Crippen molar-refractivity contribution in [2.45, 2.75) is 13.5 Å². The highest BCUT2D eigenvalue weighted by atomic mass is 79.9. The summed E-state index contributed by atoms with van der Waals surface area (Å²) >= 11 is 3.47. The molecule has 0 atom stereocenters. The zero-order valence-corrected chi connectivity index (χ0v) is 20.2. The summed E-state index contributed by atoms with van der Waals surface area (Å²) in [5, 5.41) is 4.03. The van der Waals surface area contributed by atoms with Crippen LogP contribution in [0, 0.1) is 5.82 Å². The molecule has 0 unspecified atom stereocenters. The molecule has 3 aromatic rings. The molecule has 0 bridgehead atoms. The number of carbonyl (C=O) groups is 1. The number of halogens is 2. The quantitative estimate of drug-likeness (QED) is 0.192. The zero-order chi connectivity index (χ0) is 24.3. The fourth-order valence-corrected chi connectivity index (χ4v) is 3.38. The van der Waals surface area contributed by atoms with Gasteiger partial charge in [0.05, 0.1) is 17.3 Å². The third-order valence-corrected chi connectivity index (χ3v) is 5.13. The lowest BCUT2D eigenvalue weighted by Gasteiger charge is -2.12. The minimum atomic E-state index is -0.384. The van der Waals surface area contributed by atoms with Crippen molar-refractivity contribution in [2.24, 2.45) is 5.10 Å². The second-order valence-corrected chi connectivity index (χ2v) is 7.85. The van der Waals surface area contributed by atoms with Crippen LogP contribution in [0.15, 0.2) is 82.9 Å². The van der Waals surface area contributed by atoms with Crippen molar-refractivity contribution in [3.05, 3.63) is 100 Å². The van der Waals surface area contributed by atoms with Crippen molar-refractivity contribution >= 4 is 28.1 Å². The highest BCUT2D eigenvalue weighted by molar-refractivity contribution is 9.10. The number of nitrogens with zero attached hydrogens (tertiary/aromatic N) is 1.